The molecule has 0 aliphatic carbocycles. The van der Waals surface area contributed by atoms with Crippen molar-refractivity contribution in [1.29, 1.82) is 0 Å². The summed E-state index contributed by atoms with van der Waals surface area (Å²) in [6.07, 6.45) is 10.5. The van der Waals surface area contributed by atoms with E-state index in [4.69, 9.17) is 11.5 Å². The lowest BCUT2D eigenvalue weighted by Gasteiger charge is -1.97. The van der Waals surface area contributed by atoms with Crippen molar-refractivity contribution in [2.75, 3.05) is 26.2 Å². The molecule has 0 heterocycles. The molecule has 0 bridgehead atoms. The summed E-state index contributed by atoms with van der Waals surface area (Å²) in [7, 11) is 0. The van der Waals surface area contributed by atoms with Crippen LogP contribution in [0.2, 0.25) is 0 Å². The number of hydrogen-bond donors (Lipinski definition) is 2. The molecule has 0 unspecified atom stereocenters. The van der Waals surface area contributed by atoms with Gasteiger partial charge in [-0.05, 0) is 43.5 Å². The minimum absolute atomic E-state index is 0.719. The molecule has 0 aromatic heterocycles. The molecule has 0 spiro atoms. The standard InChI is InChI=1S/C20H24N2.C7H6O.C3H10N2/c1(9-15-21-17-19-11-5-3-6-12-19)2-10-16-22-18-20-13-7-4-8-14-20;8-6-7-4-2-1-3-5-7;4-2-1-3-5/h3-8,11-14,17-18H,1-2,9-10,15-16H2;1-6H;1-5H2. The molecule has 0 saturated heterocycles. The topological polar surface area (TPSA) is 93.8 Å². The number of aliphatic imine (C=N–C) groups is 2. The molecule has 0 saturated carbocycles. The number of hydrogen-bond acceptors (Lipinski definition) is 5. The molecule has 0 atom stereocenters. The van der Waals surface area contributed by atoms with Gasteiger partial charge >= 0.3 is 0 Å². The van der Waals surface area contributed by atoms with Crippen LogP contribution >= 0.6 is 0 Å². The Balaban J connectivity index is 0.000000385. The van der Waals surface area contributed by atoms with Gasteiger partial charge in [0, 0.05) is 31.1 Å². The average Bonchev–Trinajstić information content (AvgIpc) is 2.92. The van der Waals surface area contributed by atoms with E-state index in [1.54, 1.807) is 12.1 Å². The Morgan fingerprint density at radius 1 is 0.514 bits per heavy atom. The van der Waals surface area contributed by atoms with Crippen molar-refractivity contribution in [2.45, 2.75) is 32.1 Å². The minimum Gasteiger partial charge on any atom is -0.330 e. The van der Waals surface area contributed by atoms with E-state index < -0.39 is 0 Å². The monoisotopic (exact) mass is 472 g/mol. The van der Waals surface area contributed by atoms with Crippen LogP contribution in [0.3, 0.4) is 0 Å². The zero-order chi connectivity index (χ0) is 25.2. The van der Waals surface area contributed by atoms with Gasteiger partial charge in [0.15, 0.2) is 0 Å². The first-order valence-corrected chi connectivity index (χ1v) is 12.3. The van der Waals surface area contributed by atoms with E-state index in [9.17, 15) is 4.79 Å². The first kappa shape index (κ1) is 29.6. The molecule has 0 radical (unpaired) electrons. The third-order valence-corrected chi connectivity index (χ3v) is 4.75. The molecule has 35 heavy (non-hydrogen) atoms. The van der Waals surface area contributed by atoms with Gasteiger partial charge in [-0.2, -0.15) is 0 Å². The highest BCUT2D eigenvalue weighted by Crippen LogP contribution is 2.02. The van der Waals surface area contributed by atoms with Gasteiger partial charge in [0.05, 0.1) is 0 Å². The summed E-state index contributed by atoms with van der Waals surface area (Å²) in [5.41, 5.74) is 13.2. The average molecular weight is 473 g/mol. The van der Waals surface area contributed by atoms with Crippen molar-refractivity contribution in [3.63, 3.8) is 0 Å². The van der Waals surface area contributed by atoms with E-state index in [-0.39, 0.29) is 0 Å². The van der Waals surface area contributed by atoms with Crippen molar-refractivity contribution in [3.05, 3.63) is 108 Å². The van der Waals surface area contributed by atoms with Crippen LogP contribution in [0.5, 0.6) is 0 Å². The van der Waals surface area contributed by atoms with Crippen molar-refractivity contribution >= 4 is 18.7 Å². The van der Waals surface area contributed by atoms with Crippen LogP contribution in [-0.2, 0) is 0 Å². The molecule has 0 aliphatic rings. The zero-order valence-electron chi connectivity index (χ0n) is 20.7. The molecule has 3 rings (SSSR count). The highest BCUT2D eigenvalue weighted by molar-refractivity contribution is 5.79. The number of aldehydes is 1. The Labute approximate surface area is 211 Å². The molecule has 0 fully saturated rings. The lowest BCUT2D eigenvalue weighted by molar-refractivity contribution is 0.112. The largest absolute Gasteiger partial charge is 0.330 e. The SMILES string of the molecule is C(=NCCCCCCN=Cc1ccccc1)c1ccccc1.NCCCN.O=Cc1ccccc1. The number of benzene rings is 3. The van der Waals surface area contributed by atoms with Crippen molar-refractivity contribution in [2.24, 2.45) is 21.5 Å². The van der Waals surface area contributed by atoms with Crippen LogP contribution in [0, 0.1) is 0 Å². The van der Waals surface area contributed by atoms with Gasteiger partial charge in [0.2, 0.25) is 0 Å². The second-order valence-corrected chi connectivity index (χ2v) is 7.77. The fourth-order valence-corrected chi connectivity index (χ4v) is 2.83. The van der Waals surface area contributed by atoms with Gasteiger partial charge in [-0.25, -0.2) is 0 Å². The maximum Gasteiger partial charge on any atom is 0.150 e. The number of unbranched alkanes of at least 4 members (excludes halogenated alkanes) is 3. The van der Waals surface area contributed by atoms with E-state index >= 15 is 0 Å². The maximum atomic E-state index is 10.0. The summed E-state index contributed by atoms with van der Waals surface area (Å²) >= 11 is 0. The molecule has 5 nitrogen and oxygen atoms in total. The van der Waals surface area contributed by atoms with Gasteiger partial charge in [-0.3, -0.25) is 14.8 Å². The Morgan fingerprint density at radius 2 is 0.886 bits per heavy atom. The highest BCUT2D eigenvalue weighted by Gasteiger charge is 1.90. The van der Waals surface area contributed by atoms with Gasteiger partial charge in [0.1, 0.15) is 6.29 Å². The Bertz CT molecular complexity index is 857. The summed E-state index contributed by atoms with van der Waals surface area (Å²) in [6, 6.07) is 29.6. The molecule has 0 aliphatic heterocycles. The van der Waals surface area contributed by atoms with Crippen molar-refractivity contribution in [3.8, 4) is 0 Å². The fourth-order valence-electron chi connectivity index (χ4n) is 2.83. The number of nitrogens with zero attached hydrogens (tertiary/aromatic N) is 2. The molecule has 186 valence electrons. The smallest absolute Gasteiger partial charge is 0.150 e. The minimum atomic E-state index is 0.719. The Morgan fingerprint density at radius 3 is 1.17 bits per heavy atom. The molecular weight excluding hydrogens is 432 g/mol. The lowest BCUT2D eigenvalue weighted by atomic mass is 10.2. The quantitative estimate of drug-likeness (QED) is 0.205. The van der Waals surface area contributed by atoms with Crippen molar-refractivity contribution < 1.29 is 4.79 Å². The molecule has 3 aromatic carbocycles. The third-order valence-electron chi connectivity index (χ3n) is 4.75. The van der Waals surface area contributed by atoms with Gasteiger partial charge in [0.25, 0.3) is 0 Å². The van der Waals surface area contributed by atoms with E-state index in [1.165, 1.54) is 24.0 Å². The van der Waals surface area contributed by atoms with E-state index in [0.717, 1.165) is 57.3 Å². The normalized spacial score (nSPS) is 10.3. The van der Waals surface area contributed by atoms with Gasteiger partial charge in [-0.15, -0.1) is 0 Å². The third kappa shape index (κ3) is 17.7. The summed E-state index contributed by atoms with van der Waals surface area (Å²) < 4.78 is 0. The number of rotatable bonds is 12. The van der Waals surface area contributed by atoms with Crippen LogP contribution in [0.15, 0.2) is 101 Å². The van der Waals surface area contributed by atoms with Crippen molar-refractivity contribution in [1.82, 2.24) is 0 Å². The van der Waals surface area contributed by atoms with Gasteiger partial charge < -0.3 is 11.5 Å². The van der Waals surface area contributed by atoms with Crippen LogP contribution in [-0.4, -0.2) is 44.9 Å². The molecule has 4 N–H and O–H groups in total. The highest BCUT2D eigenvalue weighted by atomic mass is 16.1. The second-order valence-electron chi connectivity index (χ2n) is 7.77. The predicted octanol–water partition coefficient (Wildman–Crippen LogP) is 5.58. The predicted molar refractivity (Wildman–Crippen MR) is 151 cm³/mol. The number of nitrogens with two attached hydrogens (primary N) is 2. The van der Waals surface area contributed by atoms with Gasteiger partial charge in [-0.1, -0.05) is 104 Å². The molecular formula is C30H40N4O. The summed E-state index contributed by atoms with van der Waals surface area (Å²) in [5.74, 6) is 0. The molecule has 3 aromatic rings. The maximum absolute atomic E-state index is 10.0. The molecule has 5 heteroatoms. The summed E-state index contributed by atoms with van der Waals surface area (Å²) in [4.78, 5) is 18.9. The zero-order valence-corrected chi connectivity index (χ0v) is 20.7. The second kappa shape index (κ2) is 22.4. The first-order chi connectivity index (χ1) is 17.3. The molecule has 0 amide bonds. The van der Waals surface area contributed by atoms with E-state index in [1.807, 2.05) is 67.0 Å². The Hall–Kier alpha value is -3.41. The van der Waals surface area contributed by atoms with Crippen LogP contribution in [0.1, 0.15) is 53.6 Å². The Kier molecular flexibility index (Phi) is 18.9. The lowest BCUT2D eigenvalue weighted by Crippen LogP contribution is -2.06. The number of carbonyl (C=O) groups excluding carboxylic acids is 1. The summed E-state index contributed by atoms with van der Waals surface area (Å²) in [5, 5.41) is 0. The fraction of sp³-hybridized carbons (Fsp3) is 0.300. The van der Waals surface area contributed by atoms with Crippen LogP contribution in [0.25, 0.3) is 0 Å². The summed E-state index contributed by atoms with van der Waals surface area (Å²) in [6.45, 7) is 3.28. The van der Waals surface area contributed by atoms with Crippen LogP contribution < -0.4 is 11.5 Å². The van der Waals surface area contributed by atoms with E-state index in [0.29, 0.717) is 0 Å². The number of carbonyl (C=O) groups is 1. The first-order valence-electron chi connectivity index (χ1n) is 12.3. The van der Waals surface area contributed by atoms with Crippen LogP contribution in [0.4, 0.5) is 0 Å². The van der Waals surface area contributed by atoms with E-state index in [2.05, 4.69) is 34.3 Å².